The summed E-state index contributed by atoms with van der Waals surface area (Å²) < 4.78 is 5.44. The van der Waals surface area contributed by atoms with Gasteiger partial charge in [0.05, 0.1) is 13.2 Å². The van der Waals surface area contributed by atoms with Crippen LogP contribution in [0.1, 0.15) is 26.7 Å². The Labute approximate surface area is 98.3 Å². The Bertz CT molecular complexity index is 197. The number of hydrogen-bond acceptors (Lipinski definition) is 3. The SMILES string of the molecule is CC(C)CC(=O)N1CCCNCCOCC1. The second kappa shape index (κ2) is 7.63. The van der Waals surface area contributed by atoms with Crippen molar-refractivity contribution < 1.29 is 9.53 Å². The van der Waals surface area contributed by atoms with E-state index in [1.165, 1.54) is 0 Å². The largest absolute Gasteiger partial charge is 0.378 e. The van der Waals surface area contributed by atoms with Crippen LogP contribution in [0.25, 0.3) is 0 Å². The first-order chi connectivity index (χ1) is 7.70. The average molecular weight is 228 g/mol. The molecule has 0 radical (unpaired) electrons. The zero-order valence-corrected chi connectivity index (χ0v) is 10.5. The summed E-state index contributed by atoms with van der Waals surface area (Å²) >= 11 is 0. The normalized spacial score (nSPS) is 19.8. The molecule has 1 aliphatic rings. The van der Waals surface area contributed by atoms with Gasteiger partial charge in [0, 0.05) is 26.1 Å². The van der Waals surface area contributed by atoms with Crippen LogP contribution in [0.3, 0.4) is 0 Å². The molecule has 1 N–H and O–H groups in total. The standard InChI is InChI=1S/C12H24N2O2/c1-11(2)10-12(15)14-6-3-4-13-5-8-16-9-7-14/h11,13H,3-10H2,1-2H3. The van der Waals surface area contributed by atoms with Crippen LogP contribution < -0.4 is 5.32 Å². The number of rotatable bonds is 2. The molecule has 1 rings (SSSR count). The molecule has 0 unspecified atom stereocenters. The Morgan fingerprint density at radius 1 is 1.31 bits per heavy atom. The van der Waals surface area contributed by atoms with Gasteiger partial charge in [-0.05, 0) is 18.9 Å². The fourth-order valence-corrected chi connectivity index (χ4v) is 1.78. The van der Waals surface area contributed by atoms with Crippen molar-refractivity contribution in [2.45, 2.75) is 26.7 Å². The van der Waals surface area contributed by atoms with Crippen molar-refractivity contribution in [2.75, 3.05) is 39.4 Å². The number of carbonyl (C=O) groups is 1. The van der Waals surface area contributed by atoms with Gasteiger partial charge in [-0.3, -0.25) is 4.79 Å². The molecule has 1 amide bonds. The number of amides is 1. The quantitative estimate of drug-likeness (QED) is 0.762. The van der Waals surface area contributed by atoms with E-state index in [-0.39, 0.29) is 5.91 Å². The highest BCUT2D eigenvalue weighted by molar-refractivity contribution is 5.76. The third-order valence-electron chi connectivity index (χ3n) is 2.65. The van der Waals surface area contributed by atoms with Crippen LogP contribution in [0.2, 0.25) is 0 Å². The number of nitrogens with one attached hydrogen (secondary N) is 1. The van der Waals surface area contributed by atoms with Gasteiger partial charge in [0.2, 0.25) is 5.91 Å². The topological polar surface area (TPSA) is 41.6 Å². The minimum absolute atomic E-state index is 0.263. The first-order valence-corrected chi connectivity index (χ1v) is 6.26. The van der Waals surface area contributed by atoms with Gasteiger partial charge < -0.3 is 15.0 Å². The molecule has 0 atom stereocenters. The van der Waals surface area contributed by atoms with E-state index in [2.05, 4.69) is 19.2 Å². The van der Waals surface area contributed by atoms with Crippen LogP contribution in [0, 0.1) is 5.92 Å². The lowest BCUT2D eigenvalue weighted by Gasteiger charge is -2.24. The van der Waals surface area contributed by atoms with Crippen LogP contribution >= 0.6 is 0 Å². The molecule has 16 heavy (non-hydrogen) atoms. The van der Waals surface area contributed by atoms with Gasteiger partial charge in [-0.15, -0.1) is 0 Å². The summed E-state index contributed by atoms with van der Waals surface area (Å²) in [6.07, 6.45) is 1.68. The predicted molar refractivity (Wildman–Crippen MR) is 64.3 cm³/mol. The van der Waals surface area contributed by atoms with Crippen molar-refractivity contribution in [1.82, 2.24) is 10.2 Å². The molecular formula is C12H24N2O2. The summed E-state index contributed by atoms with van der Waals surface area (Å²) in [6.45, 7) is 9.04. The molecule has 0 spiro atoms. The van der Waals surface area contributed by atoms with Crippen LogP contribution in [-0.4, -0.2) is 50.2 Å². The molecule has 4 heteroatoms. The van der Waals surface area contributed by atoms with Crippen molar-refractivity contribution in [3.8, 4) is 0 Å². The maximum atomic E-state index is 11.9. The molecule has 1 heterocycles. The highest BCUT2D eigenvalue weighted by Crippen LogP contribution is 2.05. The smallest absolute Gasteiger partial charge is 0.222 e. The summed E-state index contributed by atoms with van der Waals surface area (Å²) in [5.41, 5.74) is 0. The summed E-state index contributed by atoms with van der Waals surface area (Å²) in [7, 11) is 0. The highest BCUT2D eigenvalue weighted by Gasteiger charge is 2.14. The third kappa shape index (κ3) is 5.47. The lowest BCUT2D eigenvalue weighted by molar-refractivity contribution is -0.132. The van der Waals surface area contributed by atoms with Crippen LogP contribution in [0.4, 0.5) is 0 Å². The highest BCUT2D eigenvalue weighted by atomic mass is 16.5. The summed E-state index contributed by atoms with van der Waals surface area (Å²) in [4.78, 5) is 13.9. The van der Waals surface area contributed by atoms with Gasteiger partial charge in [-0.1, -0.05) is 13.8 Å². The van der Waals surface area contributed by atoms with Gasteiger partial charge in [0.15, 0.2) is 0 Å². The first kappa shape index (κ1) is 13.5. The van der Waals surface area contributed by atoms with Gasteiger partial charge in [0.1, 0.15) is 0 Å². The lowest BCUT2D eigenvalue weighted by atomic mass is 10.1. The molecule has 0 bridgehead atoms. The van der Waals surface area contributed by atoms with Crippen LogP contribution in [-0.2, 0) is 9.53 Å². The van der Waals surface area contributed by atoms with Crippen molar-refractivity contribution in [3.63, 3.8) is 0 Å². The fraction of sp³-hybridized carbons (Fsp3) is 0.917. The molecule has 4 nitrogen and oxygen atoms in total. The minimum atomic E-state index is 0.263. The van der Waals surface area contributed by atoms with Crippen LogP contribution in [0.15, 0.2) is 0 Å². The second-order valence-corrected chi connectivity index (χ2v) is 4.69. The summed E-state index contributed by atoms with van der Waals surface area (Å²) in [5, 5.41) is 3.29. The second-order valence-electron chi connectivity index (χ2n) is 4.69. The summed E-state index contributed by atoms with van der Waals surface area (Å²) in [6, 6.07) is 0. The number of hydrogen-bond donors (Lipinski definition) is 1. The van der Waals surface area contributed by atoms with E-state index < -0.39 is 0 Å². The number of nitrogens with zero attached hydrogens (tertiary/aromatic N) is 1. The Balaban J connectivity index is 2.37. The maximum Gasteiger partial charge on any atom is 0.222 e. The molecule has 0 aliphatic carbocycles. The van der Waals surface area contributed by atoms with E-state index in [4.69, 9.17) is 4.74 Å². The zero-order chi connectivity index (χ0) is 11.8. The third-order valence-corrected chi connectivity index (χ3v) is 2.65. The Morgan fingerprint density at radius 3 is 2.88 bits per heavy atom. The van der Waals surface area contributed by atoms with Crippen molar-refractivity contribution in [3.05, 3.63) is 0 Å². The molecule has 1 saturated heterocycles. The molecule has 0 aromatic rings. The van der Waals surface area contributed by atoms with Crippen molar-refractivity contribution >= 4 is 5.91 Å². The monoisotopic (exact) mass is 228 g/mol. The molecule has 1 aliphatic heterocycles. The van der Waals surface area contributed by atoms with Crippen LogP contribution in [0.5, 0.6) is 0 Å². The average Bonchev–Trinajstić information content (AvgIpc) is 2.24. The molecule has 0 aromatic heterocycles. The Hall–Kier alpha value is -0.610. The van der Waals surface area contributed by atoms with Gasteiger partial charge in [-0.25, -0.2) is 0 Å². The molecular weight excluding hydrogens is 204 g/mol. The maximum absolute atomic E-state index is 11.9. The molecule has 0 saturated carbocycles. The Kier molecular flexibility index (Phi) is 6.42. The fourth-order valence-electron chi connectivity index (χ4n) is 1.78. The van der Waals surface area contributed by atoms with Crippen molar-refractivity contribution in [2.24, 2.45) is 5.92 Å². The molecule has 0 aromatic carbocycles. The molecule has 1 fully saturated rings. The van der Waals surface area contributed by atoms with E-state index in [0.717, 1.165) is 39.2 Å². The zero-order valence-electron chi connectivity index (χ0n) is 10.5. The number of ether oxygens (including phenoxy) is 1. The summed E-state index contributed by atoms with van der Waals surface area (Å²) in [5.74, 6) is 0.695. The predicted octanol–water partition coefficient (Wildman–Crippen LogP) is 0.871. The van der Waals surface area contributed by atoms with Gasteiger partial charge in [0.25, 0.3) is 0 Å². The molecule has 94 valence electrons. The van der Waals surface area contributed by atoms with E-state index >= 15 is 0 Å². The van der Waals surface area contributed by atoms with E-state index in [1.54, 1.807) is 0 Å². The first-order valence-electron chi connectivity index (χ1n) is 6.26. The van der Waals surface area contributed by atoms with E-state index in [9.17, 15) is 4.79 Å². The van der Waals surface area contributed by atoms with Crippen molar-refractivity contribution in [1.29, 1.82) is 0 Å². The van der Waals surface area contributed by atoms with E-state index in [0.29, 0.717) is 18.9 Å². The van der Waals surface area contributed by atoms with E-state index in [1.807, 2.05) is 4.90 Å². The van der Waals surface area contributed by atoms with Gasteiger partial charge in [-0.2, -0.15) is 0 Å². The Morgan fingerprint density at radius 2 is 2.12 bits per heavy atom. The van der Waals surface area contributed by atoms with Gasteiger partial charge >= 0.3 is 0 Å². The number of carbonyl (C=O) groups excluding carboxylic acids is 1. The minimum Gasteiger partial charge on any atom is -0.378 e. The lowest BCUT2D eigenvalue weighted by Crippen LogP contribution is -2.38.